The molecule has 2 atom stereocenters. The van der Waals surface area contributed by atoms with Crippen LogP contribution in [0.4, 0.5) is 0 Å². The van der Waals surface area contributed by atoms with Crippen molar-refractivity contribution in [2.75, 3.05) is 14.2 Å². The molecule has 1 aromatic rings. The summed E-state index contributed by atoms with van der Waals surface area (Å²) in [5.74, 6) is 0.420. The van der Waals surface area contributed by atoms with Gasteiger partial charge in [0.1, 0.15) is 5.54 Å². The molecule has 1 saturated carbocycles. The van der Waals surface area contributed by atoms with E-state index in [-0.39, 0.29) is 5.41 Å². The first-order valence-electron chi connectivity index (χ1n) is 8.51. The number of ether oxygens (including phenoxy) is 1. The van der Waals surface area contributed by atoms with Crippen LogP contribution in [0.2, 0.25) is 0 Å². The zero-order valence-corrected chi connectivity index (χ0v) is 15.7. The molecule has 24 heavy (non-hydrogen) atoms. The molecule has 2 unspecified atom stereocenters. The van der Waals surface area contributed by atoms with Crippen molar-refractivity contribution >= 4 is 21.9 Å². The zero-order valence-electron chi connectivity index (χ0n) is 14.1. The molecule has 2 aliphatic carbocycles. The van der Waals surface area contributed by atoms with Gasteiger partial charge in [-0.05, 0) is 55.4 Å². The van der Waals surface area contributed by atoms with Crippen molar-refractivity contribution in [1.29, 1.82) is 0 Å². The number of benzene rings is 1. The van der Waals surface area contributed by atoms with Crippen LogP contribution >= 0.6 is 15.9 Å². The third kappa shape index (κ3) is 1.96. The number of aliphatic hydroxyl groups excluding tert-OH is 1. The van der Waals surface area contributed by atoms with Crippen LogP contribution in [0.15, 0.2) is 27.7 Å². The lowest BCUT2D eigenvalue weighted by molar-refractivity contribution is -0.0768. The van der Waals surface area contributed by atoms with E-state index in [0.717, 1.165) is 42.1 Å². The minimum Gasteiger partial charge on any atom is -0.381 e. The Balaban J connectivity index is 1.87. The summed E-state index contributed by atoms with van der Waals surface area (Å²) in [6.07, 6.45) is 4.48. The third-order valence-electron chi connectivity index (χ3n) is 6.44. The Hall–Kier alpha value is -1.11. The highest BCUT2D eigenvalue weighted by molar-refractivity contribution is 9.10. The summed E-state index contributed by atoms with van der Waals surface area (Å²) in [4.78, 5) is 6.61. The molecule has 1 fully saturated rings. The summed E-state index contributed by atoms with van der Waals surface area (Å²) in [5.41, 5.74) is 7.76. The lowest BCUT2D eigenvalue weighted by Gasteiger charge is -2.48. The molecular formula is C18H24BrN3O2. The Morgan fingerprint density at radius 1 is 1.38 bits per heavy atom. The number of hydrogen-bond acceptors (Lipinski definition) is 5. The highest BCUT2D eigenvalue weighted by Crippen LogP contribution is 2.63. The van der Waals surface area contributed by atoms with Crippen LogP contribution in [0.5, 0.6) is 0 Å². The van der Waals surface area contributed by atoms with Gasteiger partial charge in [-0.1, -0.05) is 22.0 Å². The molecule has 1 heterocycles. The highest BCUT2D eigenvalue weighted by Gasteiger charge is 2.65. The highest BCUT2D eigenvalue weighted by atomic mass is 79.9. The maximum absolute atomic E-state index is 11.2. The van der Waals surface area contributed by atoms with Crippen LogP contribution < -0.4 is 5.73 Å². The molecule has 0 bridgehead atoms. The van der Waals surface area contributed by atoms with Crippen LogP contribution in [0.1, 0.15) is 36.8 Å². The van der Waals surface area contributed by atoms with Crippen LogP contribution in [0, 0.1) is 5.41 Å². The minimum atomic E-state index is -0.729. The summed E-state index contributed by atoms with van der Waals surface area (Å²) in [6.45, 7) is 0. The molecule has 0 radical (unpaired) electrons. The molecular weight excluding hydrogens is 370 g/mol. The second-order valence-electron chi connectivity index (χ2n) is 7.41. The average Bonchev–Trinajstić information content (AvgIpc) is 2.97. The number of guanidine groups is 1. The summed E-state index contributed by atoms with van der Waals surface area (Å²) in [7, 11) is 3.61. The van der Waals surface area contributed by atoms with Gasteiger partial charge in [-0.2, -0.15) is 0 Å². The van der Waals surface area contributed by atoms with Crippen molar-refractivity contribution in [3.05, 3.63) is 33.8 Å². The number of fused-ring (bicyclic) bond motifs is 3. The average molecular weight is 394 g/mol. The topological polar surface area (TPSA) is 71.1 Å². The molecule has 1 aromatic carbocycles. The Labute approximate surface area is 151 Å². The number of methoxy groups -OCH3 is 1. The second kappa shape index (κ2) is 5.44. The third-order valence-corrected chi connectivity index (χ3v) is 6.93. The number of nitrogens with two attached hydrogens (primary N) is 1. The first-order chi connectivity index (χ1) is 11.4. The molecule has 0 amide bonds. The molecule has 3 N–H and O–H groups in total. The lowest BCUT2D eigenvalue weighted by atomic mass is 9.61. The van der Waals surface area contributed by atoms with Crippen molar-refractivity contribution in [3.8, 4) is 0 Å². The van der Waals surface area contributed by atoms with Gasteiger partial charge in [-0.3, -0.25) is 0 Å². The van der Waals surface area contributed by atoms with Crippen molar-refractivity contribution in [1.82, 2.24) is 4.90 Å². The standard InChI is InChI=1S/C18H24BrN3O2/c1-22-15(23)18(21-16(22)20)14-9-12(19)4-3-11(14)10-17(18)7-5-13(24-2)6-8-17/h3-4,9,13,15,23H,5-8,10H2,1-2H3,(H2,20,21). The fraction of sp³-hybridized carbons (Fsp3) is 0.611. The van der Waals surface area contributed by atoms with Crippen molar-refractivity contribution in [2.45, 2.75) is 50.0 Å². The van der Waals surface area contributed by atoms with Crippen molar-refractivity contribution in [3.63, 3.8) is 0 Å². The molecule has 0 saturated heterocycles. The van der Waals surface area contributed by atoms with E-state index in [0.29, 0.717) is 12.1 Å². The Kier molecular flexibility index (Phi) is 3.71. The van der Waals surface area contributed by atoms with Gasteiger partial charge in [0.2, 0.25) is 0 Å². The Morgan fingerprint density at radius 2 is 2.08 bits per heavy atom. The molecule has 3 aliphatic rings. The quantitative estimate of drug-likeness (QED) is 0.767. The first-order valence-corrected chi connectivity index (χ1v) is 9.31. The number of hydrogen-bond donors (Lipinski definition) is 2. The number of rotatable bonds is 1. The monoisotopic (exact) mass is 393 g/mol. The predicted octanol–water partition coefficient (Wildman–Crippen LogP) is 2.35. The number of likely N-dealkylation sites (N-methyl/N-ethyl adjacent to an activating group) is 1. The van der Waals surface area contributed by atoms with E-state index in [1.807, 2.05) is 7.05 Å². The smallest absolute Gasteiger partial charge is 0.194 e. The number of aliphatic hydroxyl groups is 1. The van der Waals surface area contributed by atoms with E-state index in [4.69, 9.17) is 15.5 Å². The van der Waals surface area contributed by atoms with Gasteiger partial charge in [0, 0.05) is 24.0 Å². The second-order valence-corrected chi connectivity index (χ2v) is 8.33. The molecule has 5 nitrogen and oxygen atoms in total. The van der Waals surface area contributed by atoms with Crippen molar-refractivity contribution < 1.29 is 9.84 Å². The summed E-state index contributed by atoms with van der Waals surface area (Å²) in [5, 5.41) is 11.2. The van der Waals surface area contributed by atoms with E-state index in [1.165, 1.54) is 5.56 Å². The van der Waals surface area contributed by atoms with Crippen LogP contribution in [0.3, 0.4) is 0 Å². The summed E-state index contributed by atoms with van der Waals surface area (Å²) in [6, 6.07) is 6.35. The zero-order chi connectivity index (χ0) is 17.1. The van der Waals surface area contributed by atoms with Crippen LogP contribution in [-0.4, -0.2) is 42.5 Å². The molecule has 1 aliphatic heterocycles. The predicted molar refractivity (Wildman–Crippen MR) is 96.6 cm³/mol. The van der Waals surface area contributed by atoms with Gasteiger partial charge >= 0.3 is 0 Å². The van der Waals surface area contributed by atoms with Gasteiger partial charge in [0.05, 0.1) is 6.10 Å². The first kappa shape index (κ1) is 16.4. The Morgan fingerprint density at radius 3 is 2.67 bits per heavy atom. The largest absolute Gasteiger partial charge is 0.381 e. The number of aliphatic imine (C=N–C) groups is 1. The van der Waals surface area contributed by atoms with E-state index in [2.05, 4.69) is 34.1 Å². The maximum Gasteiger partial charge on any atom is 0.194 e. The molecule has 0 aromatic heterocycles. The molecule has 4 rings (SSSR count). The molecule has 2 spiro atoms. The minimum absolute atomic E-state index is 0.0973. The van der Waals surface area contributed by atoms with Crippen LogP contribution in [-0.2, 0) is 16.7 Å². The SMILES string of the molecule is COC1CCC2(CC1)Cc1ccc(Br)cc1C21N=C(N)N(C)C1O. The lowest BCUT2D eigenvalue weighted by Crippen LogP contribution is -2.54. The fourth-order valence-corrected chi connectivity index (χ4v) is 5.46. The van der Waals surface area contributed by atoms with Gasteiger partial charge in [-0.25, -0.2) is 4.99 Å². The summed E-state index contributed by atoms with van der Waals surface area (Å²) >= 11 is 3.58. The van der Waals surface area contributed by atoms with E-state index >= 15 is 0 Å². The van der Waals surface area contributed by atoms with Gasteiger partial charge in [0.25, 0.3) is 0 Å². The number of nitrogens with zero attached hydrogens (tertiary/aromatic N) is 2. The van der Waals surface area contributed by atoms with Gasteiger partial charge in [0.15, 0.2) is 12.2 Å². The maximum atomic E-state index is 11.2. The van der Waals surface area contributed by atoms with Crippen LogP contribution in [0.25, 0.3) is 0 Å². The Bertz CT molecular complexity index is 700. The van der Waals surface area contributed by atoms with E-state index < -0.39 is 11.8 Å². The summed E-state index contributed by atoms with van der Waals surface area (Å²) < 4.78 is 6.58. The van der Waals surface area contributed by atoms with E-state index in [9.17, 15) is 5.11 Å². The van der Waals surface area contributed by atoms with E-state index in [1.54, 1.807) is 12.0 Å². The normalized spacial score (nSPS) is 38.0. The van der Waals surface area contributed by atoms with Gasteiger partial charge in [-0.15, -0.1) is 0 Å². The van der Waals surface area contributed by atoms with Crippen molar-refractivity contribution in [2.24, 2.45) is 16.1 Å². The number of halogens is 1. The fourth-order valence-electron chi connectivity index (χ4n) is 5.09. The van der Waals surface area contributed by atoms with Gasteiger partial charge < -0.3 is 20.5 Å². The molecule has 130 valence electrons. The molecule has 6 heteroatoms.